The van der Waals surface area contributed by atoms with E-state index in [1.807, 2.05) is 19.1 Å². The fourth-order valence-electron chi connectivity index (χ4n) is 3.62. The number of hydrogen-bond acceptors (Lipinski definition) is 6. The van der Waals surface area contributed by atoms with E-state index in [9.17, 15) is 14.4 Å². The normalized spacial score (nSPS) is 12.9. The first-order valence-corrected chi connectivity index (χ1v) is 12.2. The highest BCUT2D eigenvalue weighted by Crippen LogP contribution is 2.22. The van der Waals surface area contributed by atoms with Crippen molar-refractivity contribution in [2.75, 3.05) is 11.1 Å². The van der Waals surface area contributed by atoms with Crippen LogP contribution in [0.3, 0.4) is 0 Å². The summed E-state index contributed by atoms with van der Waals surface area (Å²) in [6.07, 6.45) is 3.65. The summed E-state index contributed by atoms with van der Waals surface area (Å²) in [7, 11) is 0. The van der Waals surface area contributed by atoms with Crippen LogP contribution >= 0.6 is 11.8 Å². The quantitative estimate of drug-likeness (QED) is 0.305. The van der Waals surface area contributed by atoms with E-state index in [4.69, 9.17) is 0 Å². The molecule has 35 heavy (non-hydrogen) atoms. The van der Waals surface area contributed by atoms with Crippen molar-refractivity contribution in [1.29, 1.82) is 0 Å². The molecule has 4 aromatic rings. The third-order valence-electron chi connectivity index (χ3n) is 5.53. The predicted molar refractivity (Wildman–Crippen MR) is 136 cm³/mol. The van der Waals surface area contributed by atoms with Crippen molar-refractivity contribution < 1.29 is 9.59 Å². The van der Waals surface area contributed by atoms with Crippen LogP contribution in [-0.4, -0.2) is 38.1 Å². The lowest BCUT2D eigenvalue weighted by Crippen LogP contribution is -2.25. The molecule has 1 aliphatic carbocycles. The van der Waals surface area contributed by atoms with Crippen LogP contribution in [0.4, 0.5) is 5.69 Å². The van der Waals surface area contributed by atoms with E-state index in [-0.39, 0.29) is 29.2 Å². The summed E-state index contributed by atoms with van der Waals surface area (Å²) in [4.78, 5) is 47.4. The highest BCUT2D eigenvalue weighted by atomic mass is 32.2. The molecule has 2 amide bonds. The molecule has 2 aromatic carbocycles. The van der Waals surface area contributed by atoms with E-state index < -0.39 is 0 Å². The number of rotatable bonds is 7. The molecule has 0 radical (unpaired) electrons. The van der Waals surface area contributed by atoms with Crippen LogP contribution in [0.25, 0.3) is 16.7 Å². The molecule has 8 nitrogen and oxygen atoms in total. The lowest BCUT2D eigenvalue weighted by Gasteiger charge is -2.13. The van der Waals surface area contributed by atoms with Crippen molar-refractivity contribution >= 4 is 40.2 Å². The lowest BCUT2D eigenvalue weighted by atomic mass is 10.2. The molecule has 2 aromatic heterocycles. The molecular weight excluding hydrogens is 462 g/mol. The maximum atomic E-state index is 13.3. The summed E-state index contributed by atoms with van der Waals surface area (Å²) in [5.74, 6) is 0.0502. The molecule has 0 unspecified atom stereocenters. The first-order valence-electron chi connectivity index (χ1n) is 11.3. The zero-order valence-electron chi connectivity index (χ0n) is 19.0. The second kappa shape index (κ2) is 9.71. The van der Waals surface area contributed by atoms with Crippen molar-refractivity contribution in [3.8, 4) is 5.82 Å². The fraction of sp³-hybridized carbons (Fsp3) is 0.192. The number of benzene rings is 2. The second-order valence-corrected chi connectivity index (χ2v) is 9.35. The van der Waals surface area contributed by atoms with Gasteiger partial charge in [-0.05, 0) is 67.8 Å². The molecule has 0 spiro atoms. The maximum Gasteiger partial charge on any atom is 0.267 e. The average molecular weight is 486 g/mol. The van der Waals surface area contributed by atoms with Crippen LogP contribution in [0.2, 0.25) is 0 Å². The largest absolute Gasteiger partial charge is 0.349 e. The smallest absolute Gasteiger partial charge is 0.267 e. The van der Waals surface area contributed by atoms with Crippen molar-refractivity contribution in [2.45, 2.75) is 31.0 Å². The van der Waals surface area contributed by atoms with Gasteiger partial charge in [-0.3, -0.25) is 14.4 Å². The molecule has 5 rings (SSSR count). The monoisotopic (exact) mass is 485 g/mol. The van der Waals surface area contributed by atoms with Gasteiger partial charge in [0.2, 0.25) is 5.91 Å². The Bertz CT molecular complexity index is 1500. The number of aryl methyl sites for hydroxylation is 1. The Balaban J connectivity index is 1.37. The fourth-order valence-corrected chi connectivity index (χ4v) is 4.42. The SMILES string of the molecule is Cc1ccnc(-n2c(SCC(=O)Nc3cccc(C(=O)NC4CC4)c3)nc3ccccc3c2=O)c1. The van der Waals surface area contributed by atoms with E-state index in [1.54, 1.807) is 54.7 Å². The van der Waals surface area contributed by atoms with Gasteiger partial charge in [-0.1, -0.05) is 30.0 Å². The number of carbonyl (C=O) groups is 2. The number of carbonyl (C=O) groups excluding carboxylic acids is 2. The number of amides is 2. The van der Waals surface area contributed by atoms with Crippen LogP contribution < -0.4 is 16.2 Å². The first kappa shape index (κ1) is 22.8. The lowest BCUT2D eigenvalue weighted by molar-refractivity contribution is -0.113. The van der Waals surface area contributed by atoms with E-state index in [0.717, 1.165) is 30.2 Å². The molecule has 0 aliphatic heterocycles. The molecule has 9 heteroatoms. The Labute approximate surface area is 205 Å². The molecule has 2 heterocycles. The van der Waals surface area contributed by atoms with Gasteiger partial charge in [0, 0.05) is 23.5 Å². The molecule has 1 fully saturated rings. The van der Waals surface area contributed by atoms with Crippen LogP contribution in [-0.2, 0) is 4.79 Å². The number of thioether (sulfide) groups is 1. The number of aromatic nitrogens is 3. The zero-order chi connectivity index (χ0) is 24.4. The molecule has 0 saturated heterocycles. The van der Waals surface area contributed by atoms with Gasteiger partial charge < -0.3 is 10.6 Å². The average Bonchev–Trinajstić information content (AvgIpc) is 3.67. The van der Waals surface area contributed by atoms with Crippen molar-refractivity contribution in [3.05, 3.63) is 88.3 Å². The maximum absolute atomic E-state index is 13.3. The van der Waals surface area contributed by atoms with Gasteiger partial charge in [0.25, 0.3) is 11.5 Å². The number of anilines is 1. The number of nitrogens with one attached hydrogen (secondary N) is 2. The molecule has 0 bridgehead atoms. The number of hydrogen-bond donors (Lipinski definition) is 2. The minimum atomic E-state index is -0.277. The number of pyridine rings is 1. The Kier molecular flexibility index (Phi) is 6.33. The third kappa shape index (κ3) is 5.25. The van der Waals surface area contributed by atoms with E-state index in [0.29, 0.717) is 33.1 Å². The summed E-state index contributed by atoms with van der Waals surface area (Å²) in [5.41, 5.74) is 2.29. The Morgan fingerprint density at radius 3 is 2.71 bits per heavy atom. The van der Waals surface area contributed by atoms with Gasteiger partial charge >= 0.3 is 0 Å². The minimum absolute atomic E-state index is 0.0229. The highest BCUT2D eigenvalue weighted by Gasteiger charge is 2.24. The zero-order valence-corrected chi connectivity index (χ0v) is 19.8. The molecule has 1 aliphatic rings. The standard InChI is InChI=1S/C26H23N5O3S/c1-16-11-12-27-22(13-16)31-25(34)20-7-2-3-8-21(20)30-26(31)35-15-23(32)28-19-6-4-5-17(14-19)24(33)29-18-9-10-18/h2-8,11-14,18H,9-10,15H2,1H3,(H,28,32)(H,29,33). The summed E-state index contributed by atoms with van der Waals surface area (Å²) >= 11 is 1.15. The third-order valence-corrected chi connectivity index (χ3v) is 6.47. The topological polar surface area (TPSA) is 106 Å². The van der Waals surface area contributed by atoms with Gasteiger partial charge in [-0.25, -0.2) is 14.5 Å². The summed E-state index contributed by atoms with van der Waals surface area (Å²) in [5, 5.41) is 6.62. The van der Waals surface area contributed by atoms with Gasteiger partial charge in [0.15, 0.2) is 5.16 Å². The van der Waals surface area contributed by atoms with Crippen molar-refractivity contribution in [2.24, 2.45) is 0 Å². The molecule has 2 N–H and O–H groups in total. The number of para-hydroxylation sites is 1. The van der Waals surface area contributed by atoms with Gasteiger partial charge in [-0.2, -0.15) is 0 Å². The van der Waals surface area contributed by atoms with E-state index >= 15 is 0 Å². The Morgan fingerprint density at radius 2 is 1.91 bits per heavy atom. The van der Waals surface area contributed by atoms with Crippen LogP contribution in [0.15, 0.2) is 76.8 Å². The van der Waals surface area contributed by atoms with E-state index in [1.165, 1.54) is 4.57 Å². The summed E-state index contributed by atoms with van der Waals surface area (Å²) in [6, 6.07) is 17.9. The first-order chi connectivity index (χ1) is 17.0. The summed E-state index contributed by atoms with van der Waals surface area (Å²) < 4.78 is 1.44. The molecular formula is C26H23N5O3S. The Hall–Kier alpha value is -3.98. The van der Waals surface area contributed by atoms with Crippen LogP contribution in [0.1, 0.15) is 28.8 Å². The second-order valence-electron chi connectivity index (χ2n) is 8.41. The molecule has 0 atom stereocenters. The highest BCUT2D eigenvalue weighted by molar-refractivity contribution is 7.99. The predicted octanol–water partition coefficient (Wildman–Crippen LogP) is 3.71. The van der Waals surface area contributed by atoms with Gasteiger partial charge in [0.05, 0.1) is 16.7 Å². The van der Waals surface area contributed by atoms with Crippen molar-refractivity contribution in [1.82, 2.24) is 19.9 Å². The van der Waals surface area contributed by atoms with Crippen LogP contribution in [0, 0.1) is 6.92 Å². The van der Waals surface area contributed by atoms with Crippen molar-refractivity contribution in [3.63, 3.8) is 0 Å². The van der Waals surface area contributed by atoms with E-state index in [2.05, 4.69) is 20.6 Å². The molecule has 176 valence electrons. The minimum Gasteiger partial charge on any atom is -0.349 e. The number of fused-ring (bicyclic) bond motifs is 1. The van der Waals surface area contributed by atoms with Gasteiger partial charge in [0.1, 0.15) is 5.82 Å². The van der Waals surface area contributed by atoms with Crippen LogP contribution in [0.5, 0.6) is 0 Å². The number of nitrogens with zero attached hydrogens (tertiary/aromatic N) is 3. The van der Waals surface area contributed by atoms with Gasteiger partial charge in [-0.15, -0.1) is 0 Å². The Morgan fingerprint density at radius 1 is 1.09 bits per heavy atom. The summed E-state index contributed by atoms with van der Waals surface area (Å²) in [6.45, 7) is 1.92. The molecule has 1 saturated carbocycles.